The summed E-state index contributed by atoms with van der Waals surface area (Å²) in [5.74, 6) is -1.62. The number of carbonyl (C=O) groups is 2. The number of carboxylic acids is 1. The van der Waals surface area contributed by atoms with Gasteiger partial charge in [0, 0.05) is 20.2 Å². The molecule has 0 aromatic carbocycles. The van der Waals surface area contributed by atoms with Crippen LogP contribution < -0.4 is 0 Å². The van der Waals surface area contributed by atoms with E-state index in [1.165, 1.54) is 11.2 Å². The Morgan fingerprint density at radius 3 is 2.72 bits per heavy atom. The third-order valence-corrected chi connectivity index (χ3v) is 2.55. The maximum Gasteiger partial charge on any atom is 0.354 e. The van der Waals surface area contributed by atoms with Gasteiger partial charge in [0.2, 0.25) is 0 Å². The molecule has 0 bridgehead atoms. The summed E-state index contributed by atoms with van der Waals surface area (Å²) in [6.45, 7) is 0.644. The zero-order valence-corrected chi connectivity index (χ0v) is 10.2. The van der Waals surface area contributed by atoms with Crippen LogP contribution in [0.5, 0.6) is 0 Å². The minimum absolute atomic E-state index is 0.0767. The van der Waals surface area contributed by atoms with Crippen molar-refractivity contribution >= 4 is 11.9 Å². The van der Waals surface area contributed by atoms with Crippen molar-refractivity contribution in [3.8, 4) is 0 Å². The molecule has 100 valence electrons. The van der Waals surface area contributed by atoms with Gasteiger partial charge in [0.1, 0.15) is 0 Å². The van der Waals surface area contributed by atoms with Crippen LogP contribution in [0, 0.1) is 0 Å². The Morgan fingerprint density at radius 1 is 1.39 bits per heavy atom. The average molecular weight is 255 g/mol. The topological polar surface area (TPSA) is 107 Å². The molecule has 1 aromatic rings. The molecule has 0 atom stereocenters. The highest BCUT2D eigenvalue weighted by Gasteiger charge is 2.22. The number of aromatic nitrogens is 2. The number of hydrogen-bond donors (Lipinski definition) is 3. The molecule has 3 N–H and O–H groups in total. The van der Waals surface area contributed by atoms with E-state index < -0.39 is 11.9 Å². The van der Waals surface area contributed by atoms with Crippen LogP contribution in [0.15, 0.2) is 6.33 Å². The highest BCUT2D eigenvalue weighted by molar-refractivity contribution is 6.02. The molecule has 0 aliphatic heterocycles. The first kappa shape index (κ1) is 14.2. The van der Waals surface area contributed by atoms with E-state index in [1.54, 1.807) is 7.05 Å². The van der Waals surface area contributed by atoms with Gasteiger partial charge in [-0.2, -0.15) is 0 Å². The molecule has 0 saturated carbocycles. The van der Waals surface area contributed by atoms with E-state index in [0.29, 0.717) is 13.0 Å². The Hall–Kier alpha value is -1.89. The molecule has 0 unspecified atom stereocenters. The molecule has 1 aromatic heterocycles. The fraction of sp³-hybridized carbons (Fsp3) is 0.545. The van der Waals surface area contributed by atoms with Gasteiger partial charge in [-0.25, -0.2) is 9.78 Å². The second-order valence-electron chi connectivity index (χ2n) is 3.94. The van der Waals surface area contributed by atoms with Crippen molar-refractivity contribution in [1.82, 2.24) is 14.9 Å². The summed E-state index contributed by atoms with van der Waals surface area (Å²) in [7, 11) is 1.60. The second kappa shape index (κ2) is 6.75. The molecule has 0 aliphatic carbocycles. The maximum atomic E-state index is 11.9. The van der Waals surface area contributed by atoms with Gasteiger partial charge in [0.05, 0.1) is 6.33 Å². The Labute approximate surface area is 104 Å². The third-order valence-electron chi connectivity index (χ3n) is 2.55. The molecule has 0 aliphatic rings. The Balaban J connectivity index is 2.57. The second-order valence-corrected chi connectivity index (χ2v) is 3.94. The zero-order chi connectivity index (χ0) is 13.5. The number of aromatic amines is 1. The van der Waals surface area contributed by atoms with E-state index in [1.807, 2.05) is 0 Å². The number of amides is 1. The lowest BCUT2D eigenvalue weighted by Gasteiger charge is -2.15. The first-order chi connectivity index (χ1) is 8.57. The molecule has 1 rings (SSSR count). The minimum Gasteiger partial charge on any atom is -0.477 e. The van der Waals surface area contributed by atoms with Crippen molar-refractivity contribution in [2.45, 2.75) is 19.3 Å². The van der Waals surface area contributed by atoms with Gasteiger partial charge in [-0.15, -0.1) is 0 Å². The number of carboxylic acid groups (broad SMARTS) is 1. The fourth-order valence-corrected chi connectivity index (χ4v) is 1.54. The van der Waals surface area contributed by atoms with E-state index in [9.17, 15) is 9.59 Å². The number of unbranched alkanes of at least 4 members (excludes halogenated alkanes) is 2. The minimum atomic E-state index is -1.20. The van der Waals surface area contributed by atoms with Crippen molar-refractivity contribution in [1.29, 1.82) is 0 Å². The number of carbonyl (C=O) groups excluding carboxylic acids is 1. The Kier molecular flexibility index (Phi) is 5.31. The van der Waals surface area contributed by atoms with Gasteiger partial charge in [-0.3, -0.25) is 4.79 Å². The third kappa shape index (κ3) is 3.56. The molecule has 7 nitrogen and oxygen atoms in total. The lowest BCUT2D eigenvalue weighted by molar-refractivity contribution is 0.0675. The van der Waals surface area contributed by atoms with Crippen LogP contribution >= 0.6 is 0 Å². The van der Waals surface area contributed by atoms with Gasteiger partial charge >= 0.3 is 5.97 Å². The molecule has 1 heterocycles. The summed E-state index contributed by atoms with van der Waals surface area (Å²) in [5.41, 5.74) is -0.269. The van der Waals surface area contributed by atoms with Crippen LogP contribution in [0.1, 0.15) is 40.2 Å². The Morgan fingerprint density at radius 2 is 2.11 bits per heavy atom. The molecular weight excluding hydrogens is 238 g/mol. The van der Waals surface area contributed by atoms with Crippen molar-refractivity contribution in [2.24, 2.45) is 0 Å². The molecule has 0 spiro atoms. The first-order valence-corrected chi connectivity index (χ1v) is 5.71. The fourth-order valence-electron chi connectivity index (χ4n) is 1.54. The molecule has 1 amide bonds. The normalized spacial score (nSPS) is 10.3. The maximum absolute atomic E-state index is 11.9. The van der Waals surface area contributed by atoms with Crippen LogP contribution in [-0.2, 0) is 0 Å². The smallest absolute Gasteiger partial charge is 0.354 e. The predicted octanol–water partition coefficient (Wildman–Crippen LogP) is 0.343. The first-order valence-electron chi connectivity index (χ1n) is 5.71. The lowest BCUT2D eigenvalue weighted by atomic mass is 10.2. The molecule has 7 heteroatoms. The highest BCUT2D eigenvalue weighted by Crippen LogP contribution is 2.07. The molecule has 0 radical (unpaired) electrons. The predicted molar refractivity (Wildman–Crippen MR) is 63.4 cm³/mol. The van der Waals surface area contributed by atoms with Crippen molar-refractivity contribution in [2.75, 3.05) is 20.2 Å². The quantitative estimate of drug-likeness (QED) is 0.609. The summed E-state index contributed by atoms with van der Waals surface area (Å²) in [6.07, 6.45) is 3.47. The van der Waals surface area contributed by atoms with Gasteiger partial charge in [-0.05, 0) is 19.3 Å². The number of nitrogens with one attached hydrogen (secondary N) is 1. The van der Waals surface area contributed by atoms with E-state index in [-0.39, 0.29) is 18.0 Å². The summed E-state index contributed by atoms with van der Waals surface area (Å²) in [4.78, 5) is 30.4. The summed E-state index contributed by atoms with van der Waals surface area (Å²) < 4.78 is 0. The van der Waals surface area contributed by atoms with Gasteiger partial charge in [-0.1, -0.05) is 0 Å². The lowest BCUT2D eigenvalue weighted by Crippen LogP contribution is -2.29. The monoisotopic (exact) mass is 255 g/mol. The number of aromatic carboxylic acids is 1. The highest BCUT2D eigenvalue weighted by atomic mass is 16.4. The van der Waals surface area contributed by atoms with E-state index >= 15 is 0 Å². The number of aliphatic hydroxyl groups excluding tert-OH is 1. The Bertz CT molecular complexity index is 416. The largest absolute Gasteiger partial charge is 0.477 e. The van der Waals surface area contributed by atoms with E-state index in [4.69, 9.17) is 10.2 Å². The van der Waals surface area contributed by atoms with Crippen molar-refractivity contribution in [3.63, 3.8) is 0 Å². The number of hydrogen-bond acceptors (Lipinski definition) is 4. The number of aliphatic hydroxyl groups is 1. The molecular formula is C11H17N3O4. The number of nitrogens with zero attached hydrogens (tertiary/aromatic N) is 2. The van der Waals surface area contributed by atoms with Crippen molar-refractivity contribution in [3.05, 3.63) is 17.7 Å². The summed E-state index contributed by atoms with van der Waals surface area (Å²) in [5, 5.41) is 17.5. The summed E-state index contributed by atoms with van der Waals surface area (Å²) in [6, 6.07) is 0. The van der Waals surface area contributed by atoms with Crippen LogP contribution in [0.2, 0.25) is 0 Å². The van der Waals surface area contributed by atoms with Crippen LogP contribution in [0.4, 0.5) is 0 Å². The SMILES string of the molecule is CN(CCCCCO)C(=O)c1nc[nH]c1C(=O)O. The average Bonchev–Trinajstić information content (AvgIpc) is 2.82. The van der Waals surface area contributed by atoms with Gasteiger partial charge in [0.25, 0.3) is 5.91 Å². The summed E-state index contributed by atoms with van der Waals surface area (Å²) >= 11 is 0. The van der Waals surface area contributed by atoms with E-state index in [2.05, 4.69) is 9.97 Å². The molecule has 0 fully saturated rings. The van der Waals surface area contributed by atoms with Gasteiger partial charge < -0.3 is 20.1 Å². The number of imidazole rings is 1. The number of rotatable bonds is 7. The molecule has 18 heavy (non-hydrogen) atoms. The molecule has 0 saturated heterocycles. The zero-order valence-electron chi connectivity index (χ0n) is 10.2. The standard InChI is InChI=1S/C11H17N3O4/c1-14(5-3-2-4-6-15)10(16)8-9(11(17)18)13-7-12-8/h7,15H,2-6H2,1H3,(H,12,13)(H,17,18). The van der Waals surface area contributed by atoms with Gasteiger partial charge in [0.15, 0.2) is 11.4 Å². The van der Waals surface area contributed by atoms with Crippen LogP contribution in [0.3, 0.4) is 0 Å². The van der Waals surface area contributed by atoms with Crippen LogP contribution in [-0.4, -0.2) is 57.2 Å². The van der Waals surface area contributed by atoms with Crippen LogP contribution in [0.25, 0.3) is 0 Å². The van der Waals surface area contributed by atoms with Crippen molar-refractivity contribution < 1.29 is 19.8 Å². The number of H-pyrrole nitrogens is 1. The van der Waals surface area contributed by atoms with E-state index in [0.717, 1.165) is 12.8 Å².